The summed E-state index contributed by atoms with van der Waals surface area (Å²) in [7, 11) is 3.64. The fourth-order valence-electron chi connectivity index (χ4n) is 0.952. The third kappa shape index (κ3) is 1.73. The van der Waals surface area contributed by atoms with Crippen LogP contribution in [0.3, 0.4) is 0 Å². The van der Waals surface area contributed by atoms with Gasteiger partial charge in [-0.15, -0.1) is 0 Å². The normalized spacial score (nSPS) is 9.64. The summed E-state index contributed by atoms with van der Waals surface area (Å²) in [5.74, 6) is 0.740. The first-order valence-corrected chi connectivity index (χ1v) is 3.78. The van der Waals surface area contributed by atoms with Gasteiger partial charge >= 0.3 is 0 Å². The van der Waals surface area contributed by atoms with E-state index in [-0.39, 0.29) is 0 Å². The molecule has 3 heteroatoms. The number of methoxy groups -OCH3 is 1. The van der Waals surface area contributed by atoms with Crippen LogP contribution in [-0.4, -0.2) is 19.9 Å². The molecule has 1 rings (SSSR count). The predicted octanol–water partition coefficient (Wildman–Crippen LogP) is -0.0890. The molecule has 1 heterocycles. The van der Waals surface area contributed by atoms with Gasteiger partial charge in [-0.2, -0.15) is 0 Å². The van der Waals surface area contributed by atoms with Gasteiger partial charge in [0.25, 0.3) is 0 Å². The smallest absolute Gasteiger partial charge is 0.206 e. The van der Waals surface area contributed by atoms with Gasteiger partial charge in [0, 0.05) is 5.69 Å². The lowest BCUT2D eigenvalue weighted by molar-refractivity contribution is 0.400. The highest BCUT2D eigenvalue weighted by molar-refractivity contribution is 6.33. The van der Waals surface area contributed by atoms with Crippen molar-refractivity contribution in [2.75, 3.05) is 7.11 Å². The van der Waals surface area contributed by atoms with Crippen LogP contribution in [0.2, 0.25) is 0 Å². The Hall–Kier alpha value is -0.985. The molecule has 11 heavy (non-hydrogen) atoms. The predicted molar refractivity (Wildman–Crippen MR) is 48.3 cm³/mol. The molecule has 0 aromatic carbocycles. The molecule has 0 aliphatic carbocycles. The molecule has 0 fully saturated rings. The van der Waals surface area contributed by atoms with E-state index in [0.29, 0.717) is 0 Å². The Morgan fingerprint density at radius 1 is 1.55 bits per heavy atom. The monoisotopic (exact) mass is 149 g/mol. The van der Waals surface area contributed by atoms with Crippen molar-refractivity contribution in [2.45, 2.75) is 13.3 Å². The van der Waals surface area contributed by atoms with Crippen LogP contribution in [0.15, 0.2) is 12.1 Å². The standard InChI is InChI=1S/C8H12BNO/c1-3-6-4-5-7(9)8(10-6)11-2/h4-5H,3,9H2,1-2H3. The second kappa shape index (κ2) is 3.42. The quantitative estimate of drug-likeness (QED) is 0.548. The zero-order chi connectivity index (χ0) is 8.27. The summed E-state index contributed by atoms with van der Waals surface area (Å²) in [6.45, 7) is 2.08. The minimum atomic E-state index is 0.740. The van der Waals surface area contributed by atoms with Gasteiger partial charge in [0.1, 0.15) is 7.85 Å². The number of hydrogen-bond donors (Lipinski definition) is 0. The van der Waals surface area contributed by atoms with Crippen molar-refractivity contribution in [3.8, 4) is 5.88 Å². The van der Waals surface area contributed by atoms with Crippen LogP contribution in [0.1, 0.15) is 12.6 Å². The van der Waals surface area contributed by atoms with E-state index < -0.39 is 0 Å². The van der Waals surface area contributed by atoms with Gasteiger partial charge in [-0.25, -0.2) is 4.98 Å². The van der Waals surface area contributed by atoms with Crippen molar-refractivity contribution in [1.82, 2.24) is 4.98 Å². The molecule has 0 spiro atoms. The van der Waals surface area contributed by atoms with Crippen LogP contribution in [0.5, 0.6) is 5.88 Å². The molecular formula is C8H12BNO. The van der Waals surface area contributed by atoms with Crippen LogP contribution in [0.25, 0.3) is 0 Å². The second-order valence-corrected chi connectivity index (χ2v) is 2.48. The number of rotatable bonds is 2. The zero-order valence-electron chi connectivity index (χ0n) is 7.22. The molecule has 58 valence electrons. The highest BCUT2D eigenvalue weighted by Gasteiger charge is 1.98. The first-order chi connectivity index (χ1) is 5.27. The first-order valence-electron chi connectivity index (χ1n) is 3.78. The van der Waals surface area contributed by atoms with Crippen LogP contribution >= 0.6 is 0 Å². The average Bonchev–Trinajstić information content (AvgIpc) is 2.05. The van der Waals surface area contributed by atoms with Gasteiger partial charge in [0.2, 0.25) is 5.88 Å². The summed E-state index contributed by atoms with van der Waals surface area (Å²) >= 11 is 0. The molecule has 0 radical (unpaired) electrons. The lowest BCUT2D eigenvalue weighted by atomic mass is 9.97. The van der Waals surface area contributed by atoms with Gasteiger partial charge in [-0.1, -0.05) is 13.0 Å². The molecule has 2 nitrogen and oxygen atoms in total. The fraction of sp³-hybridized carbons (Fsp3) is 0.375. The van der Waals surface area contributed by atoms with Crippen LogP contribution in [0, 0.1) is 0 Å². The van der Waals surface area contributed by atoms with Gasteiger partial charge in [-0.3, -0.25) is 0 Å². The van der Waals surface area contributed by atoms with Crippen molar-refractivity contribution < 1.29 is 4.74 Å². The molecule has 0 saturated heterocycles. The summed E-state index contributed by atoms with van der Waals surface area (Å²) in [6.07, 6.45) is 0.955. The molecule has 1 aromatic heterocycles. The van der Waals surface area contributed by atoms with Crippen molar-refractivity contribution in [1.29, 1.82) is 0 Å². The summed E-state index contributed by atoms with van der Waals surface area (Å²) in [4.78, 5) is 4.29. The second-order valence-electron chi connectivity index (χ2n) is 2.48. The van der Waals surface area contributed by atoms with Gasteiger partial charge < -0.3 is 4.74 Å². The topological polar surface area (TPSA) is 22.1 Å². The van der Waals surface area contributed by atoms with E-state index in [0.717, 1.165) is 23.5 Å². The average molecular weight is 149 g/mol. The highest BCUT2D eigenvalue weighted by Crippen LogP contribution is 2.03. The molecule has 0 bridgehead atoms. The van der Waals surface area contributed by atoms with Gasteiger partial charge in [0.05, 0.1) is 7.11 Å². The number of aryl methyl sites for hydroxylation is 1. The Morgan fingerprint density at radius 2 is 2.27 bits per heavy atom. The van der Waals surface area contributed by atoms with E-state index >= 15 is 0 Å². The summed E-state index contributed by atoms with van der Waals surface area (Å²) in [5.41, 5.74) is 2.16. The summed E-state index contributed by atoms with van der Waals surface area (Å²) in [5, 5.41) is 0. The Morgan fingerprint density at radius 3 is 2.82 bits per heavy atom. The third-order valence-electron chi connectivity index (χ3n) is 1.66. The molecule has 0 N–H and O–H groups in total. The summed E-state index contributed by atoms with van der Waals surface area (Å²) < 4.78 is 5.08. The molecular weight excluding hydrogens is 137 g/mol. The number of ether oxygens (including phenoxy) is 1. The molecule has 0 atom stereocenters. The van der Waals surface area contributed by atoms with E-state index in [1.807, 2.05) is 20.0 Å². The SMILES string of the molecule is Bc1ccc(CC)nc1OC. The van der Waals surface area contributed by atoms with Crippen molar-refractivity contribution in [2.24, 2.45) is 0 Å². The lowest BCUT2D eigenvalue weighted by Crippen LogP contribution is -2.10. The van der Waals surface area contributed by atoms with Gasteiger partial charge in [0.15, 0.2) is 0 Å². The number of hydrogen-bond acceptors (Lipinski definition) is 2. The minimum Gasteiger partial charge on any atom is -0.481 e. The minimum absolute atomic E-state index is 0.740. The maximum Gasteiger partial charge on any atom is 0.206 e. The van der Waals surface area contributed by atoms with E-state index in [2.05, 4.69) is 11.9 Å². The molecule has 0 unspecified atom stereocenters. The number of pyridine rings is 1. The van der Waals surface area contributed by atoms with E-state index in [1.54, 1.807) is 7.11 Å². The maximum absolute atomic E-state index is 5.08. The highest BCUT2D eigenvalue weighted by atomic mass is 16.5. The molecule has 0 saturated carbocycles. The van der Waals surface area contributed by atoms with Gasteiger partial charge in [-0.05, 0) is 17.9 Å². The fourth-order valence-corrected chi connectivity index (χ4v) is 0.952. The zero-order valence-corrected chi connectivity index (χ0v) is 7.22. The Labute approximate surface area is 68.0 Å². The van der Waals surface area contributed by atoms with Crippen molar-refractivity contribution in [3.05, 3.63) is 17.8 Å². The van der Waals surface area contributed by atoms with Crippen LogP contribution in [-0.2, 0) is 6.42 Å². The van der Waals surface area contributed by atoms with Crippen LogP contribution < -0.4 is 10.2 Å². The van der Waals surface area contributed by atoms with Crippen molar-refractivity contribution in [3.63, 3.8) is 0 Å². The summed E-state index contributed by atoms with van der Waals surface area (Å²) in [6, 6.07) is 4.06. The van der Waals surface area contributed by atoms with Crippen LogP contribution in [0.4, 0.5) is 0 Å². The maximum atomic E-state index is 5.08. The van der Waals surface area contributed by atoms with Crippen molar-refractivity contribution >= 4 is 13.3 Å². The Balaban J connectivity index is 3.02. The Bertz CT molecular complexity index is 250. The number of nitrogens with zero attached hydrogens (tertiary/aromatic N) is 1. The molecule has 0 aliphatic rings. The van der Waals surface area contributed by atoms with E-state index in [9.17, 15) is 0 Å². The third-order valence-corrected chi connectivity index (χ3v) is 1.66. The Kier molecular flexibility index (Phi) is 2.52. The largest absolute Gasteiger partial charge is 0.481 e. The lowest BCUT2D eigenvalue weighted by Gasteiger charge is -2.04. The molecule has 0 amide bonds. The number of aromatic nitrogens is 1. The van der Waals surface area contributed by atoms with E-state index in [1.165, 1.54) is 0 Å². The molecule has 0 aliphatic heterocycles. The first kappa shape index (κ1) is 8.11. The van der Waals surface area contributed by atoms with E-state index in [4.69, 9.17) is 4.74 Å². The molecule has 1 aromatic rings.